The molecule has 4 nitrogen and oxygen atoms in total. The van der Waals surface area contributed by atoms with E-state index in [9.17, 15) is 0 Å². The molecule has 1 saturated heterocycles. The Morgan fingerprint density at radius 3 is 2.90 bits per heavy atom. The minimum atomic E-state index is 0.385. The van der Waals surface area contributed by atoms with Crippen LogP contribution in [0.1, 0.15) is 51.0 Å². The molecule has 2 rings (SSSR count). The van der Waals surface area contributed by atoms with Crippen LogP contribution in [-0.2, 0) is 0 Å². The Kier molecular flexibility index (Phi) is 5.35. The Morgan fingerprint density at radius 2 is 2.20 bits per heavy atom. The van der Waals surface area contributed by atoms with Crippen LogP contribution in [0.15, 0.2) is 6.07 Å². The SMILES string of the molecule is CCNCC1CCCN(c2cc(C)nc(C(C)C)n2)C1. The number of hydrogen-bond donors (Lipinski definition) is 1. The van der Waals surface area contributed by atoms with Crippen molar-refractivity contribution in [1.82, 2.24) is 15.3 Å². The number of hydrogen-bond acceptors (Lipinski definition) is 4. The molecule has 0 aliphatic carbocycles. The number of aromatic nitrogens is 2. The molecule has 0 saturated carbocycles. The lowest BCUT2D eigenvalue weighted by molar-refractivity contribution is 0.394. The molecule has 1 unspecified atom stereocenters. The zero-order valence-corrected chi connectivity index (χ0v) is 13.3. The van der Waals surface area contributed by atoms with Crippen LogP contribution in [0, 0.1) is 12.8 Å². The minimum Gasteiger partial charge on any atom is -0.356 e. The molecule has 1 aromatic rings. The first-order valence-corrected chi connectivity index (χ1v) is 7.91. The Labute approximate surface area is 123 Å². The quantitative estimate of drug-likeness (QED) is 0.898. The van der Waals surface area contributed by atoms with Crippen molar-refractivity contribution in [3.8, 4) is 0 Å². The lowest BCUT2D eigenvalue weighted by Gasteiger charge is -2.34. The summed E-state index contributed by atoms with van der Waals surface area (Å²) < 4.78 is 0. The summed E-state index contributed by atoms with van der Waals surface area (Å²) >= 11 is 0. The monoisotopic (exact) mass is 276 g/mol. The summed E-state index contributed by atoms with van der Waals surface area (Å²) in [6.07, 6.45) is 2.58. The minimum absolute atomic E-state index is 0.385. The van der Waals surface area contributed by atoms with Gasteiger partial charge in [0.25, 0.3) is 0 Å². The van der Waals surface area contributed by atoms with Gasteiger partial charge in [0.1, 0.15) is 11.6 Å². The van der Waals surface area contributed by atoms with E-state index < -0.39 is 0 Å². The summed E-state index contributed by atoms with van der Waals surface area (Å²) in [7, 11) is 0. The maximum absolute atomic E-state index is 4.77. The van der Waals surface area contributed by atoms with Crippen LogP contribution in [0.2, 0.25) is 0 Å². The largest absolute Gasteiger partial charge is 0.356 e. The highest BCUT2D eigenvalue weighted by Crippen LogP contribution is 2.23. The van der Waals surface area contributed by atoms with Crippen LogP contribution in [-0.4, -0.2) is 36.1 Å². The second-order valence-corrected chi connectivity index (χ2v) is 6.14. The van der Waals surface area contributed by atoms with Crippen LogP contribution >= 0.6 is 0 Å². The van der Waals surface area contributed by atoms with Gasteiger partial charge >= 0.3 is 0 Å². The Morgan fingerprint density at radius 1 is 1.40 bits per heavy atom. The lowest BCUT2D eigenvalue weighted by Crippen LogP contribution is -2.40. The van der Waals surface area contributed by atoms with E-state index >= 15 is 0 Å². The van der Waals surface area contributed by atoms with E-state index in [1.54, 1.807) is 0 Å². The maximum atomic E-state index is 4.77. The Bertz CT molecular complexity index is 430. The second kappa shape index (κ2) is 7.02. The molecule has 2 heterocycles. The van der Waals surface area contributed by atoms with E-state index in [0.717, 1.165) is 49.4 Å². The van der Waals surface area contributed by atoms with Gasteiger partial charge in [-0.25, -0.2) is 9.97 Å². The van der Waals surface area contributed by atoms with Crippen molar-refractivity contribution in [2.75, 3.05) is 31.1 Å². The van der Waals surface area contributed by atoms with E-state index in [-0.39, 0.29) is 0 Å². The third kappa shape index (κ3) is 3.92. The van der Waals surface area contributed by atoms with Gasteiger partial charge < -0.3 is 10.2 Å². The van der Waals surface area contributed by atoms with E-state index in [2.05, 4.69) is 49.0 Å². The molecule has 0 aromatic carbocycles. The van der Waals surface area contributed by atoms with Crippen molar-refractivity contribution in [1.29, 1.82) is 0 Å². The molecule has 0 bridgehead atoms. The van der Waals surface area contributed by atoms with Crippen molar-refractivity contribution >= 4 is 5.82 Å². The van der Waals surface area contributed by atoms with E-state index in [1.807, 2.05) is 0 Å². The second-order valence-electron chi connectivity index (χ2n) is 6.14. The smallest absolute Gasteiger partial charge is 0.133 e. The van der Waals surface area contributed by atoms with E-state index in [4.69, 9.17) is 4.98 Å². The number of piperidine rings is 1. The fourth-order valence-electron chi connectivity index (χ4n) is 2.78. The fraction of sp³-hybridized carbons (Fsp3) is 0.750. The van der Waals surface area contributed by atoms with Crippen molar-refractivity contribution in [2.45, 2.75) is 46.5 Å². The highest BCUT2D eigenvalue weighted by atomic mass is 15.2. The molecule has 1 aliphatic rings. The zero-order valence-electron chi connectivity index (χ0n) is 13.3. The molecule has 0 radical (unpaired) electrons. The number of anilines is 1. The molecule has 0 spiro atoms. The Balaban J connectivity index is 2.10. The molecule has 1 N–H and O–H groups in total. The molecule has 20 heavy (non-hydrogen) atoms. The van der Waals surface area contributed by atoms with Gasteiger partial charge in [-0.2, -0.15) is 0 Å². The van der Waals surface area contributed by atoms with Gasteiger partial charge in [-0.3, -0.25) is 0 Å². The maximum Gasteiger partial charge on any atom is 0.133 e. The summed E-state index contributed by atoms with van der Waals surface area (Å²) in [6, 6.07) is 2.13. The standard InChI is InChI=1S/C16H28N4/c1-5-17-10-14-7-6-8-20(11-14)15-9-13(4)18-16(19-15)12(2)3/h9,12,14,17H,5-8,10-11H2,1-4H3. The van der Waals surface area contributed by atoms with Crippen LogP contribution < -0.4 is 10.2 Å². The highest BCUT2D eigenvalue weighted by Gasteiger charge is 2.21. The zero-order chi connectivity index (χ0) is 14.5. The van der Waals surface area contributed by atoms with Crippen LogP contribution in [0.25, 0.3) is 0 Å². The Hall–Kier alpha value is -1.16. The van der Waals surface area contributed by atoms with Crippen LogP contribution in [0.5, 0.6) is 0 Å². The molecule has 112 valence electrons. The van der Waals surface area contributed by atoms with Crippen molar-refractivity contribution in [2.24, 2.45) is 5.92 Å². The van der Waals surface area contributed by atoms with E-state index in [1.165, 1.54) is 12.8 Å². The van der Waals surface area contributed by atoms with Crippen molar-refractivity contribution in [3.63, 3.8) is 0 Å². The summed E-state index contributed by atoms with van der Waals surface area (Å²) in [4.78, 5) is 11.7. The van der Waals surface area contributed by atoms with Crippen LogP contribution in [0.4, 0.5) is 5.82 Å². The topological polar surface area (TPSA) is 41.0 Å². The molecular formula is C16H28N4. The molecule has 4 heteroatoms. The first-order valence-electron chi connectivity index (χ1n) is 7.91. The average molecular weight is 276 g/mol. The highest BCUT2D eigenvalue weighted by molar-refractivity contribution is 5.40. The van der Waals surface area contributed by atoms with Crippen LogP contribution in [0.3, 0.4) is 0 Å². The van der Waals surface area contributed by atoms with Gasteiger partial charge in [0.05, 0.1) is 0 Å². The lowest BCUT2D eigenvalue weighted by atomic mass is 9.98. The number of nitrogens with zero attached hydrogens (tertiary/aromatic N) is 3. The number of aryl methyl sites for hydroxylation is 1. The summed E-state index contributed by atoms with van der Waals surface area (Å²) in [5.74, 6) is 3.20. The molecule has 1 fully saturated rings. The normalized spacial score (nSPS) is 19.6. The average Bonchev–Trinajstić information content (AvgIpc) is 2.44. The summed E-state index contributed by atoms with van der Waals surface area (Å²) in [5.41, 5.74) is 1.08. The van der Waals surface area contributed by atoms with Gasteiger partial charge in [0.15, 0.2) is 0 Å². The van der Waals surface area contributed by atoms with E-state index in [0.29, 0.717) is 5.92 Å². The first kappa shape index (κ1) is 15.2. The molecule has 1 aromatic heterocycles. The number of nitrogens with one attached hydrogen (secondary N) is 1. The fourth-order valence-corrected chi connectivity index (χ4v) is 2.78. The van der Waals surface area contributed by atoms with Crippen molar-refractivity contribution in [3.05, 3.63) is 17.6 Å². The molecule has 1 atom stereocenters. The summed E-state index contributed by atoms with van der Waals surface area (Å²) in [6.45, 7) is 13.0. The third-order valence-corrected chi connectivity index (χ3v) is 3.90. The molecule has 1 aliphatic heterocycles. The van der Waals surface area contributed by atoms with Gasteiger partial charge in [-0.1, -0.05) is 20.8 Å². The van der Waals surface area contributed by atoms with Gasteiger partial charge in [-0.15, -0.1) is 0 Å². The van der Waals surface area contributed by atoms with Gasteiger partial charge in [0, 0.05) is 30.8 Å². The third-order valence-electron chi connectivity index (χ3n) is 3.90. The summed E-state index contributed by atoms with van der Waals surface area (Å²) in [5, 5.41) is 3.47. The molecule has 0 amide bonds. The van der Waals surface area contributed by atoms with Crippen molar-refractivity contribution < 1.29 is 0 Å². The van der Waals surface area contributed by atoms with Gasteiger partial charge in [-0.05, 0) is 38.8 Å². The predicted molar refractivity (Wildman–Crippen MR) is 84.3 cm³/mol. The predicted octanol–water partition coefficient (Wildman–Crippen LogP) is 2.73. The number of rotatable bonds is 5. The molecular weight excluding hydrogens is 248 g/mol. The van der Waals surface area contributed by atoms with Gasteiger partial charge in [0.2, 0.25) is 0 Å². The first-order chi connectivity index (χ1) is 9.60.